The third-order valence-electron chi connectivity index (χ3n) is 2.14. The Morgan fingerprint density at radius 2 is 1.86 bits per heavy atom. The summed E-state index contributed by atoms with van der Waals surface area (Å²) in [5, 5.41) is 0. The van der Waals surface area contributed by atoms with Crippen LogP contribution in [0, 0.1) is 5.92 Å². The van der Waals surface area contributed by atoms with Crippen LogP contribution in [0.1, 0.15) is 59.8 Å². The molecule has 0 aliphatic heterocycles. The molecule has 0 heterocycles. The van der Waals surface area contributed by atoms with E-state index in [0.29, 0.717) is 5.78 Å². The molecule has 0 aliphatic carbocycles. The van der Waals surface area contributed by atoms with E-state index in [1.165, 1.54) is 0 Å². The van der Waals surface area contributed by atoms with Gasteiger partial charge in [0.2, 0.25) is 0 Å². The van der Waals surface area contributed by atoms with Crippen molar-refractivity contribution in [2.75, 3.05) is 6.54 Å². The Morgan fingerprint density at radius 3 is 2.29 bits per heavy atom. The molecule has 0 saturated heterocycles. The Morgan fingerprint density at radius 1 is 1.29 bits per heavy atom. The third kappa shape index (κ3) is 9.72. The fraction of sp³-hybridized carbons (Fsp3) is 0.917. The first kappa shape index (κ1) is 16.1. The number of ketones is 1. The summed E-state index contributed by atoms with van der Waals surface area (Å²) in [4.78, 5) is 11.3. The monoisotopic (exact) mass is 201 g/mol. The van der Waals surface area contributed by atoms with Crippen LogP contribution in [-0.2, 0) is 4.79 Å². The predicted octanol–water partition coefficient (Wildman–Crippen LogP) is 3.15. The number of hydrogen-bond acceptors (Lipinski definition) is 2. The molecule has 0 radical (unpaired) electrons. The minimum absolute atomic E-state index is 0.247. The lowest BCUT2D eigenvalue weighted by atomic mass is 9.97. The summed E-state index contributed by atoms with van der Waals surface area (Å²) >= 11 is 0. The van der Waals surface area contributed by atoms with Crippen molar-refractivity contribution >= 4 is 5.78 Å². The van der Waals surface area contributed by atoms with E-state index >= 15 is 0 Å². The van der Waals surface area contributed by atoms with Crippen LogP contribution in [-0.4, -0.2) is 12.3 Å². The molecule has 86 valence electrons. The second-order valence-electron chi connectivity index (χ2n) is 3.40. The summed E-state index contributed by atoms with van der Waals surface area (Å²) < 4.78 is 0. The molecule has 0 rings (SSSR count). The van der Waals surface area contributed by atoms with Crippen LogP contribution >= 0.6 is 0 Å². The predicted molar refractivity (Wildman–Crippen MR) is 63.3 cm³/mol. The van der Waals surface area contributed by atoms with E-state index in [0.717, 1.165) is 38.6 Å². The van der Waals surface area contributed by atoms with Gasteiger partial charge in [-0.15, -0.1) is 0 Å². The number of carbonyl (C=O) groups excluding carboxylic acids is 1. The summed E-state index contributed by atoms with van der Waals surface area (Å²) in [6.07, 6.45) is 4.86. The van der Waals surface area contributed by atoms with Crippen molar-refractivity contribution in [3.05, 3.63) is 0 Å². The molecule has 1 atom stereocenters. The highest BCUT2D eigenvalue weighted by molar-refractivity contribution is 5.80. The molecule has 0 bridgehead atoms. The van der Waals surface area contributed by atoms with Crippen molar-refractivity contribution in [2.45, 2.75) is 59.8 Å². The Bertz CT molecular complexity index is 123. The summed E-state index contributed by atoms with van der Waals surface area (Å²) in [5.74, 6) is 0.658. The zero-order chi connectivity index (χ0) is 11.4. The van der Waals surface area contributed by atoms with Crippen molar-refractivity contribution in [1.82, 2.24) is 0 Å². The van der Waals surface area contributed by atoms with Crippen molar-refractivity contribution in [3.63, 3.8) is 0 Å². The van der Waals surface area contributed by atoms with Gasteiger partial charge in [-0.1, -0.05) is 34.1 Å². The molecular weight excluding hydrogens is 174 g/mol. The molecule has 2 heteroatoms. The number of Topliss-reactive ketones (excluding diaryl/α,β-unsaturated/α-hetero) is 1. The van der Waals surface area contributed by atoms with Crippen LogP contribution in [0.3, 0.4) is 0 Å². The van der Waals surface area contributed by atoms with Crippen molar-refractivity contribution in [3.8, 4) is 0 Å². The average molecular weight is 201 g/mol. The lowest BCUT2D eigenvalue weighted by molar-refractivity contribution is -0.122. The molecule has 0 aliphatic rings. The molecule has 0 aromatic carbocycles. The largest absolute Gasteiger partial charge is 0.330 e. The van der Waals surface area contributed by atoms with E-state index in [1.807, 2.05) is 27.7 Å². The maximum absolute atomic E-state index is 11.3. The highest BCUT2D eigenvalue weighted by atomic mass is 16.1. The van der Waals surface area contributed by atoms with E-state index in [9.17, 15) is 4.79 Å². The number of rotatable bonds is 7. The summed E-state index contributed by atoms with van der Waals surface area (Å²) in [6, 6.07) is 0. The van der Waals surface area contributed by atoms with E-state index in [-0.39, 0.29) is 5.92 Å². The van der Waals surface area contributed by atoms with Crippen LogP contribution in [0.15, 0.2) is 0 Å². The van der Waals surface area contributed by atoms with Crippen LogP contribution in [0.5, 0.6) is 0 Å². The van der Waals surface area contributed by atoms with E-state index in [4.69, 9.17) is 5.73 Å². The van der Waals surface area contributed by atoms with Crippen molar-refractivity contribution < 1.29 is 4.79 Å². The average Bonchev–Trinajstić information content (AvgIpc) is 2.21. The number of unbranched alkanes of at least 4 members (excludes halogenated alkanes) is 1. The van der Waals surface area contributed by atoms with Gasteiger partial charge in [0.05, 0.1) is 0 Å². The highest BCUT2D eigenvalue weighted by Crippen LogP contribution is 2.11. The normalized spacial score (nSPS) is 11.5. The molecule has 0 aromatic rings. The van der Waals surface area contributed by atoms with Crippen LogP contribution in [0.25, 0.3) is 0 Å². The molecule has 2 N–H and O–H groups in total. The summed E-state index contributed by atoms with van der Waals surface area (Å²) in [7, 11) is 0. The molecule has 0 fully saturated rings. The fourth-order valence-electron chi connectivity index (χ4n) is 1.25. The van der Waals surface area contributed by atoms with E-state index < -0.39 is 0 Å². The molecule has 14 heavy (non-hydrogen) atoms. The van der Waals surface area contributed by atoms with Gasteiger partial charge in [-0.05, 0) is 25.8 Å². The van der Waals surface area contributed by atoms with Crippen molar-refractivity contribution in [1.29, 1.82) is 0 Å². The minimum Gasteiger partial charge on any atom is -0.330 e. The number of hydrogen-bond donors (Lipinski definition) is 1. The standard InChI is InChI=1S/C10H21NO.C2H6/c1-3-6-10(12)9(2)7-4-5-8-11;1-2/h9H,3-8,11H2,1-2H3;1-2H3. The van der Waals surface area contributed by atoms with Gasteiger partial charge in [-0.25, -0.2) is 0 Å². The topological polar surface area (TPSA) is 43.1 Å². The highest BCUT2D eigenvalue weighted by Gasteiger charge is 2.10. The van der Waals surface area contributed by atoms with Crippen LogP contribution < -0.4 is 5.73 Å². The Labute approximate surface area is 89.3 Å². The Hall–Kier alpha value is -0.370. The first-order valence-corrected chi connectivity index (χ1v) is 5.95. The van der Waals surface area contributed by atoms with Gasteiger partial charge in [0.15, 0.2) is 0 Å². The molecule has 0 saturated carbocycles. The van der Waals surface area contributed by atoms with Gasteiger partial charge in [0.25, 0.3) is 0 Å². The first-order chi connectivity index (χ1) is 6.72. The van der Waals surface area contributed by atoms with Crippen LogP contribution in [0.2, 0.25) is 0 Å². The van der Waals surface area contributed by atoms with Crippen LogP contribution in [0.4, 0.5) is 0 Å². The summed E-state index contributed by atoms with van der Waals surface area (Å²) in [6.45, 7) is 8.81. The molecule has 2 nitrogen and oxygen atoms in total. The lowest BCUT2D eigenvalue weighted by Gasteiger charge is -2.08. The van der Waals surface area contributed by atoms with E-state index in [1.54, 1.807) is 0 Å². The third-order valence-corrected chi connectivity index (χ3v) is 2.14. The number of carbonyl (C=O) groups is 1. The Kier molecular flexibility index (Phi) is 14.5. The molecule has 0 spiro atoms. The zero-order valence-corrected chi connectivity index (χ0v) is 10.3. The van der Waals surface area contributed by atoms with Gasteiger partial charge in [-0.3, -0.25) is 4.79 Å². The van der Waals surface area contributed by atoms with E-state index in [2.05, 4.69) is 0 Å². The van der Waals surface area contributed by atoms with Crippen molar-refractivity contribution in [2.24, 2.45) is 11.7 Å². The zero-order valence-electron chi connectivity index (χ0n) is 10.3. The second-order valence-corrected chi connectivity index (χ2v) is 3.40. The lowest BCUT2D eigenvalue weighted by Crippen LogP contribution is -2.10. The SMILES string of the molecule is CC.CCCC(=O)C(C)CCCCN. The molecule has 0 amide bonds. The maximum atomic E-state index is 11.3. The minimum atomic E-state index is 0.247. The van der Waals surface area contributed by atoms with Gasteiger partial charge in [0.1, 0.15) is 5.78 Å². The maximum Gasteiger partial charge on any atom is 0.135 e. The first-order valence-electron chi connectivity index (χ1n) is 5.95. The Balaban J connectivity index is 0. The summed E-state index contributed by atoms with van der Waals surface area (Å²) in [5.41, 5.74) is 5.36. The molecule has 0 aromatic heterocycles. The number of nitrogens with two attached hydrogens (primary N) is 1. The second kappa shape index (κ2) is 12.6. The quantitative estimate of drug-likeness (QED) is 0.643. The smallest absolute Gasteiger partial charge is 0.135 e. The van der Waals surface area contributed by atoms with Gasteiger partial charge in [0, 0.05) is 12.3 Å². The van der Waals surface area contributed by atoms with Gasteiger partial charge in [-0.2, -0.15) is 0 Å². The van der Waals surface area contributed by atoms with Gasteiger partial charge < -0.3 is 5.73 Å². The van der Waals surface area contributed by atoms with Gasteiger partial charge >= 0.3 is 0 Å². The fourth-order valence-corrected chi connectivity index (χ4v) is 1.25. The molecule has 1 unspecified atom stereocenters. The molecular formula is C12H27NO.